The minimum absolute atomic E-state index is 0.0150. The number of anilines is 2. The molecule has 1 aromatic heterocycles. The normalized spacial score (nSPS) is 11.3. The van der Waals surface area contributed by atoms with Gasteiger partial charge in [0.1, 0.15) is 4.90 Å². The first-order valence-electron chi connectivity index (χ1n) is 5.07. The van der Waals surface area contributed by atoms with Gasteiger partial charge >= 0.3 is 0 Å². The first-order chi connectivity index (χ1) is 8.90. The summed E-state index contributed by atoms with van der Waals surface area (Å²) in [5.74, 6) is 0. The molecule has 3 N–H and O–H groups in total. The van der Waals surface area contributed by atoms with Crippen molar-refractivity contribution < 1.29 is 8.42 Å². The Balaban J connectivity index is 2.42. The second-order valence-electron chi connectivity index (χ2n) is 3.65. The highest BCUT2D eigenvalue weighted by atomic mass is 79.9. The molecule has 0 fully saturated rings. The fourth-order valence-corrected chi connectivity index (χ4v) is 3.28. The summed E-state index contributed by atoms with van der Waals surface area (Å²) >= 11 is 9.09. The van der Waals surface area contributed by atoms with Gasteiger partial charge in [-0.1, -0.05) is 17.7 Å². The van der Waals surface area contributed by atoms with Crippen LogP contribution in [0.15, 0.2) is 46.0 Å². The van der Waals surface area contributed by atoms with Crippen LogP contribution in [0.2, 0.25) is 5.02 Å². The molecule has 0 radical (unpaired) electrons. The van der Waals surface area contributed by atoms with E-state index >= 15 is 0 Å². The Bertz CT molecular complexity index is 701. The minimum Gasteiger partial charge on any atom is -0.397 e. The molecule has 0 spiro atoms. The summed E-state index contributed by atoms with van der Waals surface area (Å²) in [5, 5.41) is 0.228. The van der Waals surface area contributed by atoms with Gasteiger partial charge in [-0.2, -0.15) is 0 Å². The van der Waals surface area contributed by atoms with Crippen molar-refractivity contribution in [2.24, 2.45) is 0 Å². The number of nitrogen functional groups attached to an aromatic ring is 1. The second kappa shape index (κ2) is 5.36. The summed E-state index contributed by atoms with van der Waals surface area (Å²) in [6.45, 7) is 0. The van der Waals surface area contributed by atoms with E-state index in [1.807, 2.05) is 0 Å². The molecular weight excluding hydrogens is 354 g/mol. The summed E-state index contributed by atoms with van der Waals surface area (Å²) in [4.78, 5) is 3.82. The van der Waals surface area contributed by atoms with E-state index in [1.165, 1.54) is 18.5 Å². The zero-order valence-corrected chi connectivity index (χ0v) is 12.6. The number of nitrogens with two attached hydrogens (primary N) is 1. The number of hydrogen-bond donors (Lipinski definition) is 2. The lowest BCUT2D eigenvalue weighted by Crippen LogP contribution is -2.14. The number of nitrogens with zero attached hydrogens (tertiary/aromatic N) is 1. The van der Waals surface area contributed by atoms with Crippen LogP contribution < -0.4 is 10.5 Å². The first-order valence-corrected chi connectivity index (χ1v) is 7.73. The van der Waals surface area contributed by atoms with E-state index in [1.54, 1.807) is 18.2 Å². The zero-order chi connectivity index (χ0) is 14.0. The van der Waals surface area contributed by atoms with E-state index in [0.29, 0.717) is 4.47 Å². The van der Waals surface area contributed by atoms with Crippen molar-refractivity contribution in [3.8, 4) is 0 Å². The fraction of sp³-hybridized carbons (Fsp3) is 0. The van der Waals surface area contributed by atoms with Crippen molar-refractivity contribution in [1.82, 2.24) is 4.98 Å². The average Bonchev–Trinajstić information content (AvgIpc) is 2.34. The number of hydrogen-bond acceptors (Lipinski definition) is 4. The topological polar surface area (TPSA) is 85.1 Å². The molecule has 0 aliphatic carbocycles. The fourth-order valence-electron chi connectivity index (χ4n) is 1.38. The van der Waals surface area contributed by atoms with Gasteiger partial charge in [-0.25, -0.2) is 8.42 Å². The van der Waals surface area contributed by atoms with Crippen molar-refractivity contribution in [1.29, 1.82) is 0 Å². The summed E-state index contributed by atoms with van der Waals surface area (Å²) < 4.78 is 27.3. The predicted molar refractivity (Wildman–Crippen MR) is 78.6 cm³/mol. The molecule has 0 unspecified atom stereocenters. The molecule has 5 nitrogen and oxygen atoms in total. The zero-order valence-electron chi connectivity index (χ0n) is 9.47. The van der Waals surface area contributed by atoms with Crippen molar-refractivity contribution in [2.75, 3.05) is 10.5 Å². The Morgan fingerprint density at radius 2 is 2.05 bits per heavy atom. The third-order valence-electron chi connectivity index (χ3n) is 2.27. The van der Waals surface area contributed by atoms with E-state index in [9.17, 15) is 8.42 Å². The third-order valence-corrected chi connectivity index (χ3v) is 4.34. The molecule has 0 saturated heterocycles. The maximum absolute atomic E-state index is 12.2. The summed E-state index contributed by atoms with van der Waals surface area (Å²) in [7, 11) is -3.79. The highest BCUT2D eigenvalue weighted by Gasteiger charge is 2.18. The van der Waals surface area contributed by atoms with Gasteiger partial charge in [-0.05, 0) is 34.1 Å². The highest BCUT2D eigenvalue weighted by molar-refractivity contribution is 9.10. The van der Waals surface area contributed by atoms with Gasteiger partial charge in [0.15, 0.2) is 0 Å². The lowest BCUT2D eigenvalue weighted by atomic mass is 10.3. The average molecular weight is 363 g/mol. The number of sulfonamides is 1. The van der Waals surface area contributed by atoms with E-state index in [0.717, 1.165) is 0 Å². The van der Waals surface area contributed by atoms with Gasteiger partial charge in [-0.15, -0.1) is 0 Å². The van der Waals surface area contributed by atoms with Crippen LogP contribution in [-0.4, -0.2) is 13.4 Å². The van der Waals surface area contributed by atoms with Crippen molar-refractivity contribution >= 4 is 48.9 Å². The Morgan fingerprint density at radius 3 is 2.68 bits per heavy atom. The number of rotatable bonds is 3. The summed E-state index contributed by atoms with van der Waals surface area (Å²) in [5.41, 5.74) is 6.11. The Kier molecular flexibility index (Phi) is 3.98. The number of benzene rings is 1. The maximum Gasteiger partial charge on any atom is 0.263 e. The number of aromatic nitrogens is 1. The van der Waals surface area contributed by atoms with Crippen molar-refractivity contribution in [3.63, 3.8) is 0 Å². The van der Waals surface area contributed by atoms with Crippen molar-refractivity contribution in [3.05, 3.63) is 46.2 Å². The van der Waals surface area contributed by atoms with E-state index < -0.39 is 10.0 Å². The van der Waals surface area contributed by atoms with Crippen LogP contribution in [0.4, 0.5) is 11.4 Å². The molecule has 0 aliphatic heterocycles. The number of nitrogens with one attached hydrogen (secondary N) is 1. The molecular formula is C11H9BrClN3O2S. The van der Waals surface area contributed by atoms with E-state index in [-0.39, 0.29) is 21.3 Å². The molecule has 1 aromatic carbocycles. The summed E-state index contributed by atoms with van der Waals surface area (Å²) in [6, 6.07) is 6.18. The van der Waals surface area contributed by atoms with Crippen LogP contribution in [0.5, 0.6) is 0 Å². The monoisotopic (exact) mass is 361 g/mol. The quantitative estimate of drug-likeness (QED) is 0.822. The maximum atomic E-state index is 12.2. The van der Waals surface area contributed by atoms with Gasteiger partial charge in [0.2, 0.25) is 0 Å². The van der Waals surface area contributed by atoms with Gasteiger partial charge in [-0.3, -0.25) is 9.71 Å². The van der Waals surface area contributed by atoms with Gasteiger partial charge in [0.25, 0.3) is 10.0 Å². The molecule has 100 valence electrons. The van der Waals surface area contributed by atoms with E-state index in [4.69, 9.17) is 17.3 Å². The third kappa shape index (κ3) is 3.17. The Hall–Kier alpha value is -1.31. The predicted octanol–water partition coefficient (Wildman–Crippen LogP) is 2.88. The van der Waals surface area contributed by atoms with Gasteiger partial charge in [0, 0.05) is 16.9 Å². The minimum atomic E-state index is -3.79. The summed E-state index contributed by atoms with van der Waals surface area (Å²) in [6.07, 6.45) is 2.73. The number of para-hydroxylation sites is 1. The molecule has 19 heavy (non-hydrogen) atoms. The largest absolute Gasteiger partial charge is 0.397 e. The Labute approximate surface area is 124 Å². The van der Waals surface area contributed by atoms with Gasteiger partial charge in [0.05, 0.1) is 16.4 Å². The smallest absolute Gasteiger partial charge is 0.263 e. The highest BCUT2D eigenvalue weighted by Crippen LogP contribution is 2.30. The Morgan fingerprint density at radius 1 is 1.32 bits per heavy atom. The molecule has 1 heterocycles. The number of pyridine rings is 1. The standard InChI is InChI=1S/C11H9BrClN3O2S/c12-7-4-8(6-15-5-7)19(17,18)16-11-9(13)2-1-3-10(11)14/h1-6,16H,14H2. The van der Waals surface area contributed by atoms with Gasteiger partial charge < -0.3 is 5.73 Å². The molecule has 8 heteroatoms. The van der Waals surface area contributed by atoms with Crippen LogP contribution in [0, 0.1) is 0 Å². The van der Waals surface area contributed by atoms with Crippen LogP contribution in [-0.2, 0) is 10.0 Å². The SMILES string of the molecule is Nc1cccc(Cl)c1NS(=O)(=O)c1cncc(Br)c1. The van der Waals surface area contributed by atoms with Crippen LogP contribution in [0.3, 0.4) is 0 Å². The lowest BCUT2D eigenvalue weighted by molar-refractivity contribution is 0.600. The molecule has 0 bridgehead atoms. The number of halogens is 2. The van der Waals surface area contributed by atoms with Crippen LogP contribution in [0.25, 0.3) is 0 Å². The molecule has 0 aliphatic rings. The molecule has 0 saturated carbocycles. The van der Waals surface area contributed by atoms with Crippen LogP contribution in [0.1, 0.15) is 0 Å². The molecule has 2 rings (SSSR count). The van der Waals surface area contributed by atoms with Crippen LogP contribution >= 0.6 is 27.5 Å². The lowest BCUT2D eigenvalue weighted by Gasteiger charge is -2.11. The molecule has 2 aromatic rings. The first kappa shape index (κ1) is 14.1. The molecule has 0 amide bonds. The van der Waals surface area contributed by atoms with Crippen molar-refractivity contribution in [2.45, 2.75) is 4.90 Å². The second-order valence-corrected chi connectivity index (χ2v) is 6.65. The molecule has 0 atom stereocenters. The van der Waals surface area contributed by atoms with E-state index in [2.05, 4.69) is 25.6 Å².